The molecule has 0 atom stereocenters. The van der Waals surface area contributed by atoms with Crippen molar-refractivity contribution in [2.45, 2.75) is 20.8 Å². The Bertz CT molecular complexity index is 1080. The van der Waals surface area contributed by atoms with Gasteiger partial charge in [0, 0.05) is 32.3 Å². The number of rotatable bonds is 0. The van der Waals surface area contributed by atoms with E-state index in [0.717, 1.165) is 36.8 Å². The molecule has 2 aromatic heterocycles. The molecule has 0 bridgehead atoms. The van der Waals surface area contributed by atoms with E-state index >= 15 is 0 Å². The number of nitrogens with zero attached hydrogens (tertiary/aromatic N) is 3. The van der Waals surface area contributed by atoms with E-state index in [0.29, 0.717) is 0 Å². The van der Waals surface area contributed by atoms with Gasteiger partial charge in [0.15, 0.2) is 0 Å². The van der Waals surface area contributed by atoms with Gasteiger partial charge in [0.05, 0.1) is 16.7 Å². The van der Waals surface area contributed by atoms with E-state index < -0.39 is 0 Å². The largest absolute Gasteiger partial charge is 0.282 e. The zero-order valence-corrected chi connectivity index (χ0v) is 17.1. The monoisotopic (exact) mass is 462 g/mol. The lowest BCUT2D eigenvalue weighted by atomic mass is 10.2. The molecule has 2 aromatic carbocycles. The molecule has 5 nitrogen and oxygen atoms in total. The van der Waals surface area contributed by atoms with Gasteiger partial charge in [-0.2, -0.15) is 10.2 Å². The number of hydrogen-bond acceptors (Lipinski definition) is 3. The number of aromatic nitrogens is 4. The summed E-state index contributed by atoms with van der Waals surface area (Å²) in [5.41, 5.74) is 3.86. The Hall–Kier alpha value is -1.99. The molecule has 1 N–H and O–H groups in total. The standard InChI is InChI=1S/C10H9BrN2O.C8H7BrN2/c1-6-9-5-8(11)3-4-10(9)13(12-6)7(2)14;1-5-7-4-6(9)2-3-8(7)11-10-5/h3-5H,1-2H3;2-4H,1H3,(H,10,11). The molecule has 4 rings (SSSR count). The Morgan fingerprint density at radius 2 is 1.68 bits per heavy atom. The van der Waals surface area contributed by atoms with Crippen LogP contribution in [-0.2, 0) is 0 Å². The van der Waals surface area contributed by atoms with Crippen molar-refractivity contribution in [1.29, 1.82) is 0 Å². The van der Waals surface area contributed by atoms with Crippen LogP contribution in [0.4, 0.5) is 0 Å². The molecule has 128 valence electrons. The fourth-order valence-electron chi connectivity index (χ4n) is 2.59. The topological polar surface area (TPSA) is 63.6 Å². The van der Waals surface area contributed by atoms with Gasteiger partial charge < -0.3 is 0 Å². The van der Waals surface area contributed by atoms with E-state index in [1.807, 2.05) is 44.2 Å². The van der Waals surface area contributed by atoms with Crippen LogP contribution >= 0.6 is 31.9 Å². The van der Waals surface area contributed by atoms with E-state index in [2.05, 4.69) is 53.2 Å². The van der Waals surface area contributed by atoms with Crippen molar-refractivity contribution in [2.75, 3.05) is 0 Å². The van der Waals surface area contributed by atoms with Gasteiger partial charge in [-0.1, -0.05) is 31.9 Å². The lowest BCUT2D eigenvalue weighted by Crippen LogP contribution is -2.06. The summed E-state index contributed by atoms with van der Waals surface area (Å²) >= 11 is 6.80. The van der Waals surface area contributed by atoms with Crippen LogP contribution in [-0.4, -0.2) is 25.9 Å². The minimum absolute atomic E-state index is 0.0644. The molecule has 0 aliphatic heterocycles. The fraction of sp³-hybridized carbons (Fsp3) is 0.167. The maximum Gasteiger partial charge on any atom is 0.244 e. The summed E-state index contributed by atoms with van der Waals surface area (Å²) in [7, 11) is 0. The highest BCUT2D eigenvalue weighted by atomic mass is 79.9. The van der Waals surface area contributed by atoms with Gasteiger partial charge in [-0.05, 0) is 50.2 Å². The van der Waals surface area contributed by atoms with Gasteiger partial charge in [-0.25, -0.2) is 4.68 Å². The number of H-pyrrole nitrogens is 1. The van der Waals surface area contributed by atoms with Crippen LogP contribution in [0.1, 0.15) is 23.1 Å². The molecule has 0 spiro atoms. The van der Waals surface area contributed by atoms with Crippen LogP contribution in [0.3, 0.4) is 0 Å². The van der Waals surface area contributed by atoms with Crippen molar-refractivity contribution in [2.24, 2.45) is 0 Å². The molecular weight excluding hydrogens is 448 g/mol. The van der Waals surface area contributed by atoms with Crippen LogP contribution in [0, 0.1) is 13.8 Å². The molecule has 0 saturated heterocycles. The average Bonchev–Trinajstić information content (AvgIpc) is 3.09. The van der Waals surface area contributed by atoms with Gasteiger partial charge in [0.25, 0.3) is 0 Å². The molecule has 0 aliphatic rings. The Kier molecular flexibility index (Phi) is 5.06. The molecule has 0 unspecified atom stereocenters. The number of aryl methyl sites for hydroxylation is 2. The smallest absolute Gasteiger partial charge is 0.244 e. The number of nitrogens with one attached hydrogen (secondary N) is 1. The van der Waals surface area contributed by atoms with E-state index in [9.17, 15) is 4.79 Å². The predicted molar refractivity (Wildman–Crippen MR) is 107 cm³/mol. The highest BCUT2D eigenvalue weighted by molar-refractivity contribution is 9.10. The quantitative estimate of drug-likeness (QED) is 0.379. The minimum atomic E-state index is -0.0644. The van der Waals surface area contributed by atoms with Crippen molar-refractivity contribution in [3.63, 3.8) is 0 Å². The predicted octanol–water partition coefficient (Wildman–Crippen LogP) is 5.40. The second-order valence-electron chi connectivity index (χ2n) is 5.69. The molecule has 4 aromatic rings. The Morgan fingerprint density at radius 3 is 2.36 bits per heavy atom. The van der Waals surface area contributed by atoms with Crippen molar-refractivity contribution in [3.8, 4) is 0 Å². The number of halogens is 2. The zero-order valence-electron chi connectivity index (χ0n) is 14.0. The van der Waals surface area contributed by atoms with Gasteiger partial charge in [-0.3, -0.25) is 9.89 Å². The maximum absolute atomic E-state index is 11.2. The van der Waals surface area contributed by atoms with Crippen LogP contribution in [0.15, 0.2) is 45.3 Å². The second kappa shape index (κ2) is 7.09. The van der Waals surface area contributed by atoms with Crippen LogP contribution in [0.25, 0.3) is 21.8 Å². The van der Waals surface area contributed by atoms with Gasteiger partial charge in [-0.15, -0.1) is 0 Å². The molecule has 0 fully saturated rings. The summed E-state index contributed by atoms with van der Waals surface area (Å²) in [6, 6.07) is 11.8. The van der Waals surface area contributed by atoms with Crippen molar-refractivity contribution in [1.82, 2.24) is 20.0 Å². The Morgan fingerprint density at radius 1 is 1.04 bits per heavy atom. The molecular formula is C18H16Br2N4O. The summed E-state index contributed by atoms with van der Waals surface area (Å²) in [6.45, 7) is 5.42. The highest BCUT2D eigenvalue weighted by Crippen LogP contribution is 2.22. The summed E-state index contributed by atoms with van der Waals surface area (Å²) in [4.78, 5) is 11.2. The molecule has 2 heterocycles. The Balaban J connectivity index is 0.000000150. The van der Waals surface area contributed by atoms with Crippen LogP contribution in [0.5, 0.6) is 0 Å². The van der Waals surface area contributed by atoms with Crippen LogP contribution in [0.2, 0.25) is 0 Å². The first-order valence-corrected chi connectivity index (χ1v) is 9.21. The molecule has 0 saturated carbocycles. The van der Waals surface area contributed by atoms with Gasteiger partial charge in [0.1, 0.15) is 0 Å². The number of carbonyl (C=O) groups excluding carboxylic acids is 1. The second-order valence-corrected chi connectivity index (χ2v) is 7.52. The first-order chi connectivity index (χ1) is 11.9. The van der Waals surface area contributed by atoms with Crippen molar-refractivity contribution in [3.05, 3.63) is 56.7 Å². The number of benzene rings is 2. The van der Waals surface area contributed by atoms with Crippen molar-refractivity contribution >= 4 is 59.6 Å². The third-order valence-corrected chi connectivity index (χ3v) is 4.82. The first-order valence-electron chi connectivity index (χ1n) is 7.63. The third-order valence-electron chi connectivity index (χ3n) is 3.83. The summed E-state index contributed by atoms with van der Waals surface area (Å²) in [5.74, 6) is -0.0644. The third kappa shape index (κ3) is 3.67. The Labute approximate surface area is 161 Å². The highest BCUT2D eigenvalue weighted by Gasteiger charge is 2.09. The zero-order chi connectivity index (χ0) is 18.1. The van der Waals surface area contributed by atoms with Crippen molar-refractivity contribution < 1.29 is 4.79 Å². The number of hydrogen-bond donors (Lipinski definition) is 1. The van der Waals surface area contributed by atoms with Gasteiger partial charge >= 0.3 is 0 Å². The van der Waals surface area contributed by atoms with E-state index in [1.54, 1.807) is 0 Å². The number of fused-ring (bicyclic) bond motifs is 2. The molecule has 25 heavy (non-hydrogen) atoms. The van der Waals surface area contributed by atoms with E-state index in [-0.39, 0.29) is 5.91 Å². The summed E-state index contributed by atoms with van der Waals surface area (Å²) < 4.78 is 3.52. The minimum Gasteiger partial charge on any atom is -0.282 e. The van der Waals surface area contributed by atoms with E-state index in [1.165, 1.54) is 17.0 Å². The van der Waals surface area contributed by atoms with E-state index in [4.69, 9.17) is 0 Å². The maximum atomic E-state index is 11.2. The normalized spacial score (nSPS) is 10.8. The lowest BCUT2D eigenvalue weighted by molar-refractivity contribution is 0.0926. The summed E-state index contributed by atoms with van der Waals surface area (Å²) in [5, 5.41) is 13.4. The molecule has 0 aliphatic carbocycles. The molecule has 0 radical (unpaired) electrons. The first kappa shape index (κ1) is 17.8. The molecule has 7 heteroatoms. The molecule has 0 amide bonds. The summed E-state index contributed by atoms with van der Waals surface area (Å²) in [6.07, 6.45) is 0. The van der Waals surface area contributed by atoms with Gasteiger partial charge in [0.2, 0.25) is 5.91 Å². The number of aromatic amines is 1. The fourth-order valence-corrected chi connectivity index (χ4v) is 3.31. The lowest BCUT2D eigenvalue weighted by Gasteiger charge is -1.96. The SMILES string of the molecule is CC(=O)n1nc(C)c2cc(Br)ccc21.Cc1[nH]nc2ccc(Br)cc12. The average molecular weight is 464 g/mol. The van der Waals surface area contributed by atoms with Crippen LogP contribution < -0.4 is 0 Å². The number of carbonyl (C=O) groups is 1.